The van der Waals surface area contributed by atoms with Crippen molar-refractivity contribution in [3.05, 3.63) is 167 Å². The predicted octanol–water partition coefficient (Wildman–Crippen LogP) is 9.16. The maximum absolute atomic E-state index is 7.02. The summed E-state index contributed by atoms with van der Waals surface area (Å²) in [6.07, 6.45) is 4.86. The van der Waals surface area contributed by atoms with E-state index in [1.807, 2.05) is 18.2 Å². The fourth-order valence-corrected chi connectivity index (χ4v) is 5.83. The van der Waals surface area contributed by atoms with Crippen molar-refractivity contribution in [1.29, 1.82) is 11.1 Å². The van der Waals surface area contributed by atoms with Crippen molar-refractivity contribution in [1.82, 2.24) is 0 Å². The number of hydrogen-bond acceptors (Lipinski definition) is 3. The van der Waals surface area contributed by atoms with Crippen LogP contribution < -0.4 is 5.73 Å². The molecular weight excluding hydrogens is 500 g/mol. The molecule has 4 heteroatoms. The first-order valence-corrected chi connectivity index (χ1v) is 13.7. The van der Waals surface area contributed by atoms with E-state index in [2.05, 4.69) is 115 Å². The molecule has 4 nitrogen and oxygen atoms in total. The molecule has 0 aromatic heterocycles. The Hall–Kier alpha value is -4.83. The van der Waals surface area contributed by atoms with Crippen LogP contribution in [0.25, 0.3) is 11.1 Å². The third-order valence-corrected chi connectivity index (χ3v) is 7.73. The van der Waals surface area contributed by atoms with Gasteiger partial charge in [0.2, 0.25) is 0 Å². The Bertz CT molecular complexity index is 1480. The molecule has 0 heterocycles. The molecule has 0 bridgehead atoms. The number of hydrogen-bond donors (Lipinski definition) is 3. The van der Waals surface area contributed by atoms with Crippen LogP contribution in [0.3, 0.4) is 0 Å². The maximum atomic E-state index is 7.02. The quantitative estimate of drug-likeness (QED) is 0.0856. The SMILES string of the molecule is C.N=N.NC(=NC(c1ccccc1)(c1ccccc1)c1ccccc1)c1ccccc1-c1ccc2c(c1)CCCC2. The van der Waals surface area contributed by atoms with Crippen LogP contribution in [0.4, 0.5) is 0 Å². The highest BCUT2D eigenvalue weighted by Gasteiger charge is 2.36. The van der Waals surface area contributed by atoms with Crippen LogP contribution in [-0.2, 0) is 18.4 Å². The average Bonchev–Trinajstić information content (AvgIpc) is 3.05. The van der Waals surface area contributed by atoms with Crippen molar-refractivity contribution in [2.75, 3.05) is 0 Å². The van der Waals surface area contributed by atoms with Crippen molar-refractivity contribution >= 4 is 5.84 Å². The van der Waals surface area contributed by atoms with Crippen LogP contribution in [0.15, 0.2) is 138 Å². The van der Waals surface area contributed by atoms with Crippen molar-refractivity contribution in [3.8, 4) is 11.1 Å². The molecule has 41 heavy (non-hydrogen) atoms. The van der Waals surface area contributed by atoms with E-state index in [0.29, 0.717) is 5.84 Å². The molecule has 6 rings (SSSR count). The van der Waals surface area contributed by atoms with Crippen molar-refractivity contribution < 1.29 is 0 Å². The first-order chi connectivity index (χ1) is 19.8. The molecule has 0 aliphatic heterocycles. The molecule has 0 fully saturated rings. The third kappa shape index (κ3) is 5.87. The molecule has 4 N–H and O–H groups in total. The summed E-state index contributed by atoms with van der Waals surface area (Å²) < 4.78 is 0. The first-order valence-electron chi connectivity index (χ1n) is 13.7. The zero-order chi connectivity index (χ0) is 27.8. The van der Waals surface area contributed by atoms with Crippen LogP contribution in [0.1, 0.15) is 53.6 Å². The smallest absolute Gasteiger partial charge is 0.138 e. The van der Waals surface area contributed by atoms with Gasteiger partial charge >= 0.3 is 0 Å². The van der Waals surface area contributed by atoms with Gasteiger partial charge in [-0.15, -0.1) is 0 Å². The van der Waals surface area contributed by atoms with Crippen molar-refractivity contribution in [2.24, 2.45) is 10.7 Å². The molecule has 5 aromatic rings. The Morgan fingerprint density at radius 1 is 0.585 bits per heavy atom. The summed E-state index contributed by atoms with van der Waals surface area (Å²) in [6, 6.07) is 46.7. The molecule has 5 aromatic carbocycles. The van der Waals surface area contributed by atoms with Crippen LogP contribution in [0.5, 0.6) is 0 Å². The highest BCUT2D eigenvalue weighted by atomic mass is 14.9. The number of nitrogens with two attached hydrogens (primary N) is 1. The average molecular weight is 539 g/mol. The Labute approximate surface area is 243 Å². The summed E-state index contributed by atoms with van der Waals surface area (Å²) in [5.41, 5.74) is 25.7. The molecule has 0 unspecified atom stereocenters. The summed E-state index contributed by atoms with van der Waals surface area (Å²) >= 11 is 0. The molecule has 0 spiro atoms. The molecule has 0 saturated carbocycles. The summed E-state index contributed by atoms with van der Waals surface area (Å²) in [5.74, 6) is 0.523. The van der Waals surface area contributed by atoms with Gasteiger partial charge in [-0.25, -0.2) is 16.1 Å². The lowest BCUT2D eigenvalue weighted by molar-refractivity contribution is 0.655. The molecular formula is C37H38N4. The molecule has 0 saturated heterocycles. The Kier molecular flexibility index (Phi) is 9.60. The number of nitrogens with one attached hydrogen (secondary N) is 2. The van der Waals surface area contributed by atoms with Crippen molar-refractivity contribution in [2.45, 2.75) is 38.6 Å². The number of rotatable bonds is 6. The van der Waals surface area contributed by atoms with E-state index in [4.69, 9.17) is 21.8 Å². The molecule has 0 amide bonds. The first kappa shape index (κ1) is 29.2. The second-order valence-corrected chi connectivity index (χ2v) is 10.0. The number of aryl methyl sites for hydroxylation is 2. The number of amidine groups is 1. The van der Waals surface area contributed by atoms with Gasteiger partial charge in [0.1, 0.15) is 11.4 Å². The minimum atomic E-state index is -0.795. The predicted molar refractivity (Wildman–Crippen MR) is 171 cm³/mol. The maximum Gasteiger partial charge on any atom is 0.138 e. The number of aliphatic imine (C=N–C) groups is 1. The number of nitrogens with zero attached hydrogens (tertiary/aromatic N) is 1. The third-order valence-electron chi connectivity index (χ3n) is 7.73. The molecule has 0 atom stereocenters. The fourth-order valence-electron chi connectivity index (χ4n) is 5.83. The Morgan fingerprint density at radius 3 is 1.59 bits per heavy atom. The molecule has 0 radical (unpaired) electrons. The lowest BCUT2D eigenvalue weighted by Crippen LogP contribution is -2.31. The van der Waals surface area contributed by atoms with E-state index < -0.39 is 5.54 Å². The van der Waals surface area contributed by atoms with Crippen LogP contribution >= 0.6 is 0 Å². The largest absolute Gasteiger partial charge is 0.383 e. The van der Waals surface area contributed by atoms with Gasteiger partial charge in [-0.3, -0.25) is 0 Å². The zero-order valence-corrected chi connectivity index (χ0v) is 22.6. The van der Waals surface area contributed by atoms with Gasteiger partial charge in [-0.2, -0.15) is 0 Å². The standard InChI is InChI=1S/C36H32N2.CH4.H2N2/c37-35(34-23-13-12-22-33(34)29-25-24-27-14-10-11-15-28(27)26-29)38-36(30-16-4-1-5-17-30,31-18-6-2-7-19-31)32-20-8-3-9-21-32;;1-2/h1-9,12-13,16-26H,10-11,14-15H2,(H2,37,38);1H4;1-2H. The summed E-state index contributed by atoms with van der Waals surface area (Å²) in [6.45, 7) is 0. The Morgan fingerprint density at radius 2 is 1.05 bits per heavy atom. The van der Waals surface area contributed by atoms with Gasteiger partial charge in [-0.1, -0.05) is 141 Å². The Balaban J connectivity index is 0.00000126. The van der Waals surface area contributed by atoms with E-state index in [1.54, 1.807) is 0 Å². The normalized spacial score (nSPS) is 12.7. The topological polar surface area (TPSA) is 86.1 Å². The van der Waals surface area contributed by atoms with E-state index in [9.17, 15) is 0 Å². The summed E-state index contributed by atoms with van der Waals surface area (Å²) in [5, 5.41) is 0. The summed E-state index contributed by atoms with van der Waals surface area (Å²) in [4.78, 5) is 5.46. The second-order valence-electron chi connectivity index (χ2n) is 10.0. The monoisotopic (exact) mass is 538 g/mol. The minimum Gasteiger partial charge on any atom is -0.383 e. The van der Waals surface area contributed by atoms with Gasteiger partial charge in [0, 0.05) is 5.56 Å². The molecule has 1 aliphatic carbocycles. The van der Waals surface area contributed by atoms with Gasteiger partial charge < -0.3 is 5.73 Å². The van der Waals surface area contributed by atoms with Gasteiger partial charge in [0.15, 0.2) is 0 Å². The van der Waals surface area contributed by atoms with E-state index >= 15 is 0 Å². The van der Waals surface area contributed by atoms with Gasteiger partial charge in [0.05, 0.1) is 0 Å². The molecule has 1 aliphatic rings. The van der Waals surface area contributed by atoms with E-state index in [-0.39, 0.29) is 7.43 Å². The van der Waals surface area contributed by atoms with Crippen molar-refractivity contribution in [3.63, 3.8) is 0 Å². The lowest BCUT2D eigenvalue weighted by atomic mass is 9.77. The second kappa shape index (κ2) is 13.5. The highest BCUT2D eigenvalue weighted by Crippen LogP contribution is 2.41. The highest BCUT2D eigenvalue weighted by molar-refractivity contribution is 6.04. The van der Waals surface area contributed by atoms with Crippen LogP contribution in [0.2, 0.25) is 0 Å². The number of fused-ring (bicyclic) bond motifs is 1. The minimum absolute atomic E-state index is 0. The zero-order valence-electron chi connectivity index (χ0n) is 22.6. The van der Waals surface area contributed by atoms with Crippen LogP contribution in [0, 0.1) is 11.1 Å². The van der Waals surface area contributed by atoms with Gasteiger partial charge in [-0.05, 0) is 64.6 Å². The van der Waals surface area contributed by atoms with Crippen LogP contribution in [-0.4, -0.2) is 5.84 Å². The number of benzene rings is 5. The molecule has 206 valence electrons. The van der Waals surface area contributed by atoms with Gasteiger partial charge in [0.25, 0.3) is 0 Å². The van der Waals surface area contributed by atoms with E-state index in [0.717, 1.165) is 34.2 Å². The fraction of sp³-hybridized carbons (Fsp3) is 0.162. The summed E-state index contributed by atoms with van der Waals surface area (Å²) in [7, 11) is 0. The van der Waals surface area contributed by atoms with E-state index in [1.165, 1.54) is 36.0 Å². The lowest BCUT2D eigenvalue weighted by Gasteiger charge is -2.33.